The topological polar surface area (TPSA) is 44.9 Å². The second-order valence-electron chi connectivity index (χ2n) is 6.66. The van der Waals surface area contributed by atoms with Crippen LogP contribution < -0.4 is 4.74 Å². The number of nitrogens with zero attached hydrogens (tertiary/aromatic N) is 4. The summed E-state index contributed by atoms with van der Waals surface area (Å²) in [7, 11) is 1.67. The maximum absolute atomic E-state index is 6.19. The summed E-state index contributed by atoms with van der Waals surface area (Å²) in [6.07, 6.45) is 7.75. The third-order valence-corrected chi connectivity index (χ3v) is 5.48. The number of halogens is 2. The van der Waals surface area contributed by atoms with E-state index in [1.54, 1.807) is 19.5 Å². The minimum atomic E-state index is 0.505. The van der Waals surface area contributed by atoms with Gasteiger partial charge in [-0.25, -0.2) is 9.97 Å². The first kappa shape index (κ1) is 19.6. The number of fused-ring (bicyclic) bond motifs is 1. The fourth-order valence-electron chi connectivity index (χ4n) is 3.33. The Bertz CT molecular complexity index is 1220. The molecule has 0 atom stereocenters. The van der Waals surface area contributed by atoms with Crippen LogP contribution in [0.3, 0.4) is 0 Å². The number of hydrogen-bond donors (Lipinski definition) is 0. The number of methoxy groups -OCH3 is 1. The molecule has 4 rings (SSSR count). The predicted molar refractivity (Wildman–Crippen MR) is 119 cm³/mol. The molecule has 0 aliphatic carbocycles. The summed E-state index contributed by atoms with van der Waals surface area (Å²) in [5, 5.41) is 1.03. The lowest BCUT2D eigenvalue weighted by Crippen LogP contribution is -1.97. The zero-order valence-electron chi connectivity index (χ0n) is 16.4. The summed E-state index contributed by atoms with van der Waals surface area (Å²) >= 11 is 12.3. The molecule has 0 aliphatic heterocycles. The van der Waals surface area contributed by atoms with Gasteiger partial charge in [-0.1, -0.05) is 35.3 Å². The first-order valence-electron chi connectivity index (χ1n) is 9.22. The number of imidazole rings is 2. The van der Waals surface area contributed by atoms with E-state index in [0.717, 1.165) is 46.1 Å². The van der Waals surface area contributed by atoms with Crippen molar-refractivity contribution in [3.8, 4) is 11.4 Å². The van der Waals surface area contributed by atoms with Crippen molar-refractivity contribution in [3.63, 3.8) is 0 Å². The van der Waals surface area contributed by atoms with E-state index in [0.29, 0.717) is 10.0 Å². The lowest BCUT2D eigenvalue weighted by atomic mass is 10.1. The molecule has 2 heterocycles. The van der Waals surface area contributed by atoms with Gasteiger partial charge in [0.25, 0.3) is 0 Å². The molecule has 4 aromatic rings. The van der Waals surface area contributed by atoms with Crippen LogP contribution in [0.5, 0.6) is 5.75 Å². The maximum Gasteiger partial charge on any atom is 0.143 e. The standard InChI is InChI=1S/C22H20Cl2N4O/c1-4-28-20-11-17(24)16(23)10-18(20)26-22(28)8-6-15-5-7-19(21(9-15)29-3)27-12-14(2)25-13-27/h5-13H,4H2,1-3H3/b8-6+. The number of aromatic nitrogens is 4. The second-order valence-corrected chi connectivity index (χ2v) is 7.47. The van der Waals surface area contributed by atoms with Crippen molar-refractivity contribution in [3.05, 3.63) is 70.0 Å². The molecule has 0 radical (unpaired) electrons. The van der Waals surface area contributed by atoms with Gasteiger partial charge in [-0.3, -0.25) is 0 Å². The van der Waals surface area contributed by atoms with Gasteiger partial charge in [0.15, 0.2) is 0 Å². The van der Waals surface area contributed by atoms with Crippen LogP contribution in [0, 0.1) is 6.92 Å². The molecular weight excluding hydrogens is 407 g/mol. The van der Waals surface area contributed by atoms with E-state index in [-0.39, 0.29) is 0 Å². The molecule has 2 aromatic carbocycles. The highest BCUT2D eigenvalue weighted by Crippen LogP contribution is 2.29. The number of rotatable bonds is 5. The van der Waals surface area contributed by atoms with Crippen molar-refractivity contribution in [1.29, 1.82) is 0 Å². The third-order valence-electron chi connectivity index (χ3n) is 4.75. The fourth-order valence-corrected chi connectivity index (χ4v) is 3.65. The van der Waals surface area contributed by atoms with Crippen molar-refractivity contribution >= 4 is 46.4 Å². The van der Waals surface area contributed by atoms with Crippen LogP contribution in [0.1, 0.15) is 24.0 Å². The molecule has 0 saturated heterocycles. The summed E-state index contributed by atoms with van der Waals surface area (Å²) in [5.74, 6) is 1.61. The highest BCUT2D eigenvalue weighted by atomic mass is 35.5. The van der Waals surface area contributed by atoms with Crippen molar-refractivity contribution in [2.75, 3.05) is 7.11 Å². The fraction of sp³-hybridized carbons (Fsp3) is 0.182. The minimum absolute atomic E-state index is 0.505. The van der Waals surface area contributed by atoms with Gasteiger partial charge in [0.2, 0.25) is 0 Å². The number of aryl methyl sites for hydroxylation is 2. The first-order chi connectivity index (χ1) is 14.0. The van der Waals surface area contributed by atoms with E-state index in [2.05, 4.69) is 16.5 Å². The molecule has 0 unspecified atom stereocenters. The molecule has 148 valence electrons. The molecule has 7 heteroatoms. The normalized spacial score (nSPS) is 11.6. The Morgan fingerprint density at radius 3 is 2.59 bits per heavy atom. The lowest BCUT2D eigenvalue weighted by Gasteiger charge is -2.10. The molecule has 0 aliphatic rings. The van der Waals surface area contributed by atoms with Crippen LogP contribution in [0.15, 0.2) is 42.9 Å². The summed E-state index contributed by atoms with van der Waals surface area (Å²) in [6, 6.07) is 9.71. The first-order valence-corrected chi connectivity index (χ1v) is 9.98. The molecule has 2 aromatic heterocycles. The molecule has 29 heavy (non-hydrogen) atoms. The number of ether oxygens (including phenoxy) is 1. The predicted octanol–water partition coefficient (Wildman–Crippen LogP) is 6.04. The van der Waals surface area contributed by atoms with Crippen LogP contribution in [0.4, 0.5) is 0 Å². The van der Waals surface area contributed by atoms with Gasteiger partial charge in [-0.05, 0) is 49.8 Å². The molecular formula is C22H20Cl2N4O. The van der Waals surface area contributed by atoms with Gasteiger partial charge < -0.3 is 13.9 Å². The highest BCUT2D eigenvalue weighted by molar-refractivity contribution is 6.42. The third kappa shape index (κ3) is 3.76. The van der Waals surface area contributed by atoms with E-state index < -0.39 is 0 Å². The van der Waals surface area contributed by atoms with E-state index in [9.17, 15) is 0 Å². The summed E-state index contributed by atoms with van der Waals surface area (Å²) in [5.41, 5.74) is 4.69. The monoisotopic (exact) mass is 426 g/mol. The van der Waals surface area contributed by atoms with E-state index >= 15 is 0 Å². The van der Waals surface area contributed by atoms with E-state index in [1.807, 2.05) is 54.1 Å². The van der Waals surface area contributed by atoms with Crippen molar-refractivity contribution < 1.29 is 4.74 Å². The smallest absolute Gasteiger partial charge is 0.143 e. The maximum atomic E-state index is 6.19. The summed E-state index contributed by atoms with van der Waals surface area (Å²) < 4.78 is 9.64. The molecule has 0 amide bonds. The SMILES string of the molecule is CCn1c(/C=C/c2ccc(-n3cnc(C)c3)c(OC)c2)nc2cc(Cl)c(Cl)cc21. The number of hydrogen-bond acceptors (Lipinski definition) is 3. The average Bonchev–Trinajstić information content (AvgIpc) is 3.29. The van der Waals surface area contributed by atoms with Crippen molar-refractivity contribution in [2.45, 2.75) is 20.4 Å². The molecule has 0 bridgehead atoms. The van der Waals surface area contributed by atoms with Gasteiger partial charge in [-0.2, -0.15) is 0 Å². The zero-order chi connectivity index (χ0) is 20.5. The van der Waals surface area contributed by atoms with Crippen LogP contribution >= 0.6 is 23.2 Å². The van der Waals surface area contributed by atoms with Crippen LogP contribution in [-0.2, 0) is 6.54 Å². The quantitative estimate of drug-likeness (QED) is 0.390. The molecule has 5 nitrogen and oxygen atoms in total. The largest absolute Gasteiger partial charge is 0.495 e. The second kappa shape index (κ2) is 7.93. The van der Waals surface area contributed by atoms with Crippen LogP contribution in [-0.4, -0.2) is 26.2 Å². The van der Waals surface area contributed by atoms with Crippen molar-refractivity contribution in [1.82, 2.24) is 19.1 Å². The molecule has 0 saturated carbocycles. The van der Waals surface area contributed by atoms with Crippen molar-refractivity contribution in [2.24, 2.45) is 0 Å². The lowest BCUT2D eigenvalue weighted by molar-refractivity contribution is 0.413. The Kier molecular flexibility index (Phi) is 5.35. The Morgan fingerprint density at radius 1 is 1.10 bits per heavy atom. The molecule has 0 spiro atoms. The summed E-state index contributed by atoms with van der Waals surface area (Å²) in [6.45, 7) is 4.81. The summed E-state index contributed by atoms with van der Waals surface area (Å²) in [4.78, 5) is 8.98. The van der Waals surface area contributed by atoms with Gasteiger partial charge >= 0.3 is 0 Å². The van der Waals surface area contributed by atoms with Crippen LogP contribution in [0.2, 0.25) is 10.0 Å². The molecule has 0 fully saturated rings. The Balaban J connectivity index is 1.70. The van der Waals surface area contributed by atoms with E-state index in [4.69, 9.17) is 32.9 Å². The van der Waals surface area contributed by atoms with Gasteiger partial charge in [-0.15, -0.1) is 0 Å². The Labute approximate surface area is 179 Å². The van der Waals surface area contributed by atoms with E-state index in [1.165, 1.54) is 0 Å². The Morgan fingerprint density at radius 2 is 1.90 bits per heavy atom. The number of benzene rings is 2. The van der Waals surface area contributed by atoms with Gasteiger partial charge in [0.05, 0.1) is 45.9 Å². The van der Waals surface area contributed by atoms with Crippen LogP contribution in [0.25, 0.3) is 28.9 Å². The van der Waals surface area contributed by atoms with Gasteiger partial charge in [0, 0.05) is 12.7 Å². The van der Waals surface area contributed by atoms with Gasteiger partial charge in [0.1, 0.15) is 11.6 Å². The average molecular weight is 427 g/mol. The Hall–Kier alpha value is -2.76. The minimum Gasteiger partial charge on any atom is -0.495 e. The molecule has 0 N–H and O–H groups in total. The zero-order valence-corrected chi connectivity index (χ0v) is 17.9. The highest BCUT2D eigenvalue weighted by Gasteiger charge is 2.11.